The quantitative estimate of drug-likeness (QED) is 0.842. The average Bonchev–Trinajstić information content (AvgIpc) is 2.81. The molecule has 1 aromatic heterocycles. The number of aryl methyl sites for hydroxylation is 1. The van der Waals surface area contributed by atoms with E-state index in [1.165, 1.54) is 17.0 Å². The largest absolute Gasteiger partial charge is 0.375 e. The highest BCUT2D eigenvalue weighted by Gasteiger charge is 2.11. The maximum absolute atomic E-state index is 13.5. The summed E-state index contributed by atoms with van der Waals surface area (Å²) < 4.78 is 26.3. The lowest BCUT2D eigenvalue weighted by Gasteiger charge is -2.14. The van der Waals surface area contributed by atoms with Gasteiger partial charge >= 0.3 is 0 Å². The lowest BCUT2D eigenvalue weighted by atomic mass is 10.2. The molecule has 0 amide bonds. The number of thiophene rings is 1. The highest BCUT2D eigenvalue weighted by atomic mass is 32.1. The minimum absolute atomic E-state index is 0.00950. The highest BCUT2D eigenvalue weighted by molar-refractivity contribution is 7.12. The Morgan fingerprint density at radius 2 is 2.00 bits per heavy atom. The van der Waals surface area contributed by atoms with Crippen LogP contribution in [0.4, 0.5) is 14.5 Å². The standard InChI is InChI=1S/C14H15F2NS/c1-3-11-5-7-14(18-11)9(2)17-13-6-4-10(15)8-12(13)16/h4-9,17H,3H2,1-2H3. The Balaban J connectivity index is 2.13. The van der Waals surface area contributed by atoms with Crippen LogP contribution in [0.2, 0.25) is 0 Å². The van der Waals surface area contributed by atoms with Crippen LogP contribution in [0.1, 0.15) is 29.6 Å². The molecule has 2 aromatic rings. The van der Waals surface area contributed by atoms with Crippen LogP contribution in [-0.2, 0) is 6.42 Å². The Hall–Kier alpha value is -1.42. The van der Waals surface area contributed by atoms with E-state index in [1.807, 2.05) is 13.0 Å². The second-order valence-electron chi connectivity index (χ2n) is 4.15. The van der Waals surface area contributed by atoms with E-state index in [-0.39, 0.29) is 6.04 Å². The van der Waals surface area contributed by atoms with Crippen LogP contribution in [0.5, 0.6) is 0 Å². The summed E-state index contributed by atoms with van der Waals surface area (Å²) in [5.41, 5.74) is 0.329. The van der Waals surface area contributed by atoms with E-state index in [4.69, 9.17) is 0 Å². The maximum atomic E-state index is 13.5. The van der Waals surface area contributed by atoms with Crippen LogP contribution < -0.4 is 5.32 Å². The first-order chi connectivity index (χ1) is 8.60. The zero-order chi connectivity index (χ0) is 13.1. The molecule has 0 spiro atoms. The van der Waals surface area contributed by atoms with Crippen molar-refractivity contribution in [1.82, 2.24) is 0 Å². The number of rotatable bonds is 4. The van der Waals surface area contributed by atoms with E-state index in [0.29, 0.717) is 5.69 Å². The molecule has 0 aliphatic heterocycles. The first-order valence-electron chi connectivity index (χ1n) is 5.90. The van der Waals surface area contributed by atoms with Gasteiger partial charge in [-0.1, -0.05) is 6.92 Å². The summed E-state index contributed by atoms with van der Waals surface area (Å²) in [6, 6.07) is 7.71. The first-order valence-corrected chi connectivity index (χ1v) is 6.72. The molecule has 0 bridgehead atoms. The van der Waals surface area contributed by atoms with Gasteiger partial charge in [0.1, 0.15) is 11.6 Å². The van der Waals surface area contributed by atoms with Crippen molar-refractivity contribution < 1.29 is 8.78 Å². The molecule has 0 radical (unpaired) electrons. The van der Waals surface area contributed by atoms with Crippen molar-refractivity contribution in [3.8, 4) is 0 Å². The third kappa shape index (κ3) is 2.88. The fourth-order valence-electron chi connectivity index (χ4n) is 1.73. The van der Waals surface area contributed by atoms with E-state index < -0.39 is 11.6 Å². The molecule has 0 aliphatic rings. The van der Waals surface area contributed by atoms with Gasteiger partial charge < -0.3 is 5.32 Å². The lowest BCUT2D eigenvalue weighted by Crippen LogP contribution is -2.06. The Kier molecular flexibility index (Phi) is 3.97. The van der Waals surface area contributed by atoms with Crippen molar-refractivity contribution in [2.45, 2.75) is 26.3 Å². The Morgan fingerprint density at radius 1 is 1.22 bits per heavy atom. The molecule has 1 atom stereocenters. The molecular formula is C14H15F2NS. The summed E-state index contributed by atoms with van der Waals surface area (Å²) in [5, 5.41) is 3.06. The van der Waals surface area contributed by atoms with Gasteiger partial charge in [0.25, 0.3) is 0 Å². The summed E-state index contributed by atoms with van der Waals surface area (Å²) in [6.45, 7) is 4.07. The van der Waals surface area contributed by atoms with Gasteiger partial charge in [-0.2, -0.15) is 0 Å². The zero-order valence-electron chi connectivity index (χ0n) is 10.3. The second-order valence-corrected chi connectivity index (χ2v) is 5.35. The molecule has 96 valence electrons. The minimum atomic E-state index is -0.561. The molecule has 1 heterocycles. The minimum Gasteiger partial charge on any atom is -0.375 e. The smallest absolute Gasteiger partial charge is 0.149 e. The van der Waals surface area contributed by atoms with Crippen molar-refractivity contribution in [2.75, 3.05) is 5.32 Å². The fourth-order valence-corrected chi connectivity index (χ4v) is 2.68. The third-order valence-electron chi connectivity index (χ3n) is 2.76. The van der Waals surface area contributed by atoms with E-state index in [9.17, 15) is 8.78 Å². The number of halogens is 2. The van der Waals surface area contributed by atoms with E-state index in [0.717, 1.165) is 17.4 Å². The van der Waals surface area contributed by atoms with Crippen LogP contribution in [0.3, 0.4) is 0 Å². The van der Waals surface area contributed by atoms with Gasteiger partial charge in [-0.15, -0.1) is 11.3 Å². The molecule has 1 N–H and O–H groups in total. The molecule has 0 saturated heterocycles. The summed E-state index contributed by atoms with van der Waals surface area (Å²) in [6.07, 6.45) is 1.00. The molecule has 1 unspecified atom stereocenters. The van der Waals surface area contributed by atoms with Gasteiger partial charge in [0, 0.05) is 15.8 Å². The molecule has 0 aliphatic carbocycles. The van der Waals surface area contributed by atoms with Crippen molar-refractivity contribution in [3.63, 3.8) is 0 Å². The predicted molar refractivity (Wildman–Crippen MR) is 72.1 cm³/mol. The van der Waals surface area contributed by atoms with Crippen molar-refractivity contribution in [3.05, 3.63) is 51.7 Å². The van der Waals surface area contributed by atoms with Gasteiger partial charge in [0.15, 0.2) is 0 Å². The van der Waals surface area contributed by atoms with Gasteiger partial charge in [0.05, 0.1) is 11.7 Å². The van der Waals surface area contributed by atoms with Crippen molar-refractivity contribution >= 4 is 17.0 Å². The van der Waals surface area contributed by atoms with Crippen LogP contribution >= 0.6 is 11.3 Å². The monoisotopic (exact) mass is 267 g/mol. The van der Waals surface area contributed by atoms with Crippen LogP contribution in [0, 0.1) is 11.6 Å². The number of hydrogen-bond acceptors (Lipinski definition) is 2. The topological polar surface area (TPSA) is 12.0 Å². The Bertz CT molecular complexity index is 536. The van der Waals surface area contributed by atoms with Gasteiger partial charge in [-0.05, 0) is 37.6 Å². The second kappa shape index (κ2) is 5.48. The van der Waals surface area contributed by atoms with Gasteiger partial charge in [0.2, 0.25) is 0 Å². The summed E-state index contributed by atoms with van der Waals surface area (Å²) >= 11 is 1.71. The highest BCUT2D eigenvalue weighted by Crippen LogP contribution is 2.27. The molecule has 0 saturated carbocycles. The summed E-state index contributed by atoms with van der Waals surface area (Å²) in [7, 11) is 0. The summed E-state index contributed by atoms with van der Waals surface area (Å²) in [5.74, 6) is -1.12. The molecule has 1 aromatic carbocycles. The van der Waals surface area contributed by atoms with E-state index in [2.05, 4.69) is 18.3 Å². The summed E-state index contributed by atoms with van der Waals surface area (Å²) in [4.78, 5) is 2.45. The lowest BCUT2D eigenvalue weighted by molar-refractivity contribution is 0.584. The molecule has 1 nitrogen and oxygen atoms in total. The van der Waals surface area contributed by atoms with Crippen molar-refractivity contribution in [2.24, 2.45) is 0 Å². The SMILES string of the molecule is CCc1ccc(C(C)Nc2ccc(F)cc2F)s1. The Labute approximate surface area is 109 Å². The first kappa shape index (κ1) is 13.0. The molecular weight excluding hydrogens is 252 g/mol. The predicted octanol–water partition coefficient (Wildman–Crippen LogP) is 4.76. The van der Waals surface area contributed by atoms with Crippen LogP contribution in [0.15, 0.2) is 30.3 Å². The number of benzene rings is 1. The normalized spacial score (nSPS) is 12.4. The Morgan fingerprint density at radius 3 is 2.61 bits per heavy atom. The maximum Gasteiger partial charge on any atom is 0.149 e. The number of anilines is 1. The molecule has 2 rings (SSSR count). The van der Waals surface area contributed by atoms with Gasteiger partial charge in [-0.25, -0.2) is 8.78 Å². The van der Waals surface area contributed by atoms with E-state index >= 15 is 0 Å². The molecule has 0 fully saturated rings. The number of nitrogens with one attached hydrogen (secondary N) is 1. The average molecular weight is 267 g/mol. The van der Waals surface area contributed by atoms with Gasteiger partial charge in [-0.3, -0.25) is 0 Å². The fraction of sp³-hybridized carbons (Fsp3) is 0.286. The molecule has 18 heavy (non-hydrogen) atoms. The van der Waals surface area contributed by atoms with Crippen LogP contribution in [-0.4, -0.2) is 0 Å². The molecule has 4 heteroatoms. The van der Waals surface area contributed by atoms with Crippen molar-refractivity contribution in [1.29, 1.82) is 0 Å². The van der Waals surface area contributed by atoms with Crippen LogP contribution in [0.25, 0.3) is 0 Å². The zero-order valence-corrected chi connectivity index (χ0v) is 11.2. The van der Waals surface area contributed by atoms with E-state index in [1.54, 1.807) is 11.3 Å². The number of hydrogen-bond donors (Lipinski definition) is 1. The third-order valence-corrected chi connectivity index (χ3v) is 4.17.